The molecule has 1 fully saturated rings. The van der Waals surface area contributed by atoms with Gasteiger partial charge in [0.1, 0.15) is 23.5 Å². The van der Waals surface area contributed by atoms with Crippen LogP contribution >= 0.6 is 0 Å². The van der Waals surface area contributed by atoms with Crippen LogP contribution in [-0.2, 0) is 14.3 Å². The third-order valence-electron chi connectivity index (χ3n) is 5.08. The lowest BCUT2D eigenvalue weighted by Crippen LogP contribution is -2.25. The van der Waals surface area contributed by atoms with Gasteiger partial charge in [-0.1, -0.05) is 12.1 Å². The Labute approximate surface area is 159 Å². The normalized spacial score (nSPS) is 22.5. The Hall–Kier alpha value is -2.93. The van der Waals surface area contributed by atoms with Crippen molar-refractivity contribution in [2.75, 3.05) is 0 Å². The molecule has 2 atom stereocenters. The van der Waals surface area contributed by atoms with Gasteiger partial charge in [0.2, 0.25) is 5.79 Å². The molecule has 0 bridgehead atoms. The van der Waals surface area contributed by atoms with Crippen molar-refractivity contribution in [3.63, 3.8) is 0 Å². The lowest BCUT2D eigenvalue weighted by Gasteiger charge is -2.28. The minimum Gasteiger partial charge on any atom is -0.485 e. The molecule has 5 nitrogen and oxygen atoms in total. The van der Waals surface area contributed by atoms with Crippen molar-refractivity contribution in [2.24, 2.45) is 0 Å². The van der Waals surface area contributed by atoms with Crippen molar-refractivity contribution in [1.82, 2.24) is 4.98 Å². The van der Waals surface area contributed by atoms with E-state index in [9.17, 15) is 13.6 Å². The van der Waals surface area contributed by atoms with Gasteiger partial charge < -0.3 is 19.2 Å². The summed E-state index contributed by atoms with van der Waals surface area (Å²) in [5.74, 6) is -2.26. The molecule has 1 unspecified atom stereocenters. The Morgan fingerprint density at radius 3 is 2.68 bits per heavy atom. The fraction of sp³-hybridized carbons (Fsp3) is 0.286. The van der Waals surface area contributed by atoms with Crippen molar-refractivity contribution in [3.05, 3.63) is 53.6 Å². The number of halogens is 2. The van der Waals surface area contributed by atoms with Gasteiger partial charge in [0.15, 0.2) is 6.10 Å². The summed E-state index contributed by atoms with van der Waals surface area (Å²) >= 11 is 0. The highest BCUT2D eigenvalue weighted by Crippen LogP contribution is 2.47. The van der Waals surface area contributed by atoms with Crippen LogP contribution in [0, 0.1) is 11.6 Å². The maximum atomic E-state index is 14.4. The quantitative estimate of drug-likeness (QED) is 0.654. The molecule has 0 saturated carbocycles. The fourth-order valence-electron chi connectivity index (χ4n) is 4.00. The highest BCUT2D eigenvalue weighted by molar-refractivity contribution is 5.93. The number of hydrogen-bond donors (Lipinski definition) is 1. The maximum Gasteiger partial charge on any atom is 0.338 e. The van der Waals surface area contributed by atoms with E-state index in [0.717, 1.165) is 11.6 Å². The first-order valence-corrected chi connectivity index (χ1v) is 9.00. The second kappa shape index (κ2) is 5.78. The van der Waals surface area contributed by atoms with Crippen molar-refractivity contribution in [3.8, 4) is 17.0 Å². The fourth-order valence-corrected chi connectivity index (χ4v) is 4.00. The van der Waals surface area contributed by atoms with E-state index in [2.05, 4.69) is 4.98 Å². The van der Waals surface area contributed by atoms with Crippen LogP contribution in [0.1, 0.15) is 31.9 Å². The molecular weight excluding hydrogens is 368 g/mol. The van der Waals surface area contributed by atoms with Crippen molar-refractivity contribution >= 4 is 16.9 Å². The van der Waals surface area contributed by atoms with Crippen molar-refractivity contribution in [1.29, 1.82) is 0 Å². The van der Waals surface area contributed by atoms with Gasteiger partial charge in [0.05, 0.1) is 11.2 Å². The molecule has 0 aliphatic carbocycles. The van der Waals surface area contributed by atoms with E-state index in [0.29, 0.717) is 22.4 Å². The second-order valence-electron chi connectivity index (χ2n) is 7.49. The number of rotatable bonds is 2. The lowest BCUT2D eigenvalue weighted by molar-refractivity contribution is -0.161. The summed E-state index contributed by atoms with van der Waals surface area (Å²) < 4.78 is 45.4. The predicted octanol–water partition coefficient (Wildman–Crippen LogP) is 4.61. The molecule has 144 valence electrons. The van der Waals surface area contributed by atoms with Gasteiger partial charge in [-0.25, -0.2) is 13.6 Å². The number of esters is 1. The number of aromatic nitrogens is 1. The zero-order valence-electron chi connectivity index (χ0n) is 15.2. The van der Waals surface area contributed by atoms with E-state index in [1.54, 1.807) is 19.9 Å². The monoisotopic (exact) mass is 385 g/mol. The summed E-state index contributed by atoms with van der Waals surface area (Å²) in [6.07, 6.45) is -1.30. The molecule has 1 saturated heterocycles. The van der Waals surface area contributed by atoms with Crippen LogP contribution in [0.3, 0.4) is 0 Å². The predicted molar refractivity (Wildman–Crippen MR) is 96.7 cm³/mol. The number of H-pyrrole nitrogens is 1. The molecule has 1 aromatic heterocycles. The van der Waals surface area contributed by atoms with Gasteiger partial charge in [0, 0.05) is 42.8 Å². The molecule has 0 spiro atoms. The van der Waals surface area contributed by atoms with Crippen LogP contribution in [0.4, 0.5) is 8.78 Å². The number of para-hydroxylation sites is 1. The smallest absolute Gasteiger partial charge is 0.338 e. The molecule has 2 aliphatic heterocycles. The van der Waals surface area contributed by atoms with Gasteiger partial charge in [-0.05, 0) is 18.2 Å². The first kappa shape index (κ1) is 17.2. The average molecular weight is 385 g/mol. The number of fused-ring (bicyclic) bond motifs is 5. The van der Waals surface area contributed by atoms with Crippen LogP contribution in [0.15, 0.2) is 36.4 Å². The minimum absolute atomic E-state index is 0.161. The molecule has 2 aromatic carbocycles. The summed E-state index contributed by atoms with van der Waals surface area (Å²) in [4.78, 5) is 15.3. The number of cyclic esters (lactones) is 1. The molecule has 1 N–H and O–H groups in total. The zero-order chi connectivity index (χ0) is 19.6. The van der Waals surface area contributed by atoms with Crippen molar-refractivity contribution in [2.45, 2.75) is 38.3 Å². The molecule has 0 radical (unpaired) electrons. The summed E-state index contributed by atoms with van der Waals surface area (Å²) in [5.41, 5.74) is 2.21. The lowest BCUT2D eigenvalue weighted by atomic mass is 9.94. The molecule has 7 heteroatoms. The van der Waals surface area contributed by atoms with Gasteiger partial charge in [-0.3, -0.25) is 0 Å². The molecule has 0 amide bonds. The largest absolute Gasteiger partial charge is 0.485 e. The van der Waals surface area contributed by atoms with E-state index < -0.39 is 35.6 Å². The van der Waals surface area contributed by atoms with Crippen LogP contribution in [0.5, 0.6) is 5.75 Å². The Bertz CT molecular complexity index is 1120. The Morgan fingerprint density at radius 2 is 1.93 bits per heavy atom. The summed E-state index contributed by atoms with van der Waals surface area (Å²) in [7, 11) is 0. The highest BCUT2D eigenvalue weighted by atomic mass is 19.1. The van der Waals surface area contributed by atoms with E-state index in [1.165, 1.54) is 6.07 Å². The van der Waals surface area contributed by atoms with Crippen LogP contribution < -0.4 is 4.74 Å². The number of hydrogen-bond acceptors (Lipinski definition) is 4. The summed E-state index contributed by atoms with van der Waals surface area (Å²) in [6, 6.07) is 9.42. The van der Waals surface area contributed by atoms with Gasteiger partial charge >= 0.3 is 5.97 Å². The Morgan fingerprint density at radius 1 is 1.14 bits per heavy atom. The van der Waals surface area contributed by atoms with Crippen LogP contribution in [-0.4, -0.2) is 22.8 Å². The average Bonchev–Trinajstić information content (AvgIpc) is 3.12. The van der Waals surface area contributed by atoms with Crippen LogP contribution in [0.25, 0.3) is 22.2 Å². The Balaban J connectivity index is 1.66. The summed E-state index contributed by atoms with van der Waals surface area (Å²) in [6.45, 7) is 3.31. The number of benzene rings is 2. The first-order valence-electron chi connectivity index (χ1n) is 9.00. The van der Waals surface area contributed by atoms with E-state index in [1.807, 2.05) is 18.2 Å². The first-order chi connectivity index (χ1) is 13.3. The molecule has 3 heterocycles. The standard InChI is InChI=1S/C21H17F2NO4/c1-21(2)27-16(20(25)28-21)9-15-17-12-7-10(22)8-13(23)18(12)24-19(17)11-5-3-4-6-14(11)26-15/h3-8,15-16,24H,9H2,1-2H3/t15?,16-/m0/s1. The number of carbonyl (C=O) groups is 1. The number of nitrogens with one attached hydrogen (secondary N) is 1. The molecule has 2 aliphatic rings. The highest BCUT2D eigenvalue weighted by Gasteiger charge is 2.44. The topological polar surface area (TPSA) is 60.5 Å². The van der Waals surface area contributed by atoms with Crippen LogP contribution in [0.2, 0.25) is 0 Å². The third kappa shape index (κ3) is 2.57. The van der Waals surface area contributed by atoms with Gasteiger partial charge in [-0.2, -0.15) is 0 Å². The minimum atomic E-state index is -1.02. The second-order valence-corrected chi connectivity index (χ2v) is 7.49. The molecule has 3 aromatic rings. The van der Waals surface area contributed by atoms with Gasteiger partial charge in [-0.15, -0.1) is 0 Å². The Kier molecular flexibility index (Phi) is 3.55. The van der Waals surface area contributed by atoms with Crippen molar-refractivity contribution < 1.29 is 27.8 Å². The zero-order valence-corrected chi connectivity index (χ0v) is 15.2. The maximum absolute atomic E-state index is 14.4. The molecular formula is C21H17F2NO4. The number of carbonyl (C=O) groups excluding carboxylic acids is 1. The number of ether oxygens (including phenoxy) is 3. The van der Waals surface area contributed by atoms with E-state index in [4.69, 9.17) is 14.2 Å². The van der Waals surface area contributed by atoms with E-state index in [-0.39, 0.29) is 11.9 Å². The number of aromatic amines is 1. The van der Waals surface area contributed by atoms with Gasteiger partial charge in [0.25, 0.3) is 0 Å². The van der Waals surface area contributed by atoms with E-state index >= 15 is 0 Å². The third-order valence-corrected chi connectivity index (χ3v) is 5.08. The molecule has 5 rings (SSSR count). The SMILES string of the molecule is CC1(C)OC(=O)[C@H](CC2Oc3ccccc3-c3[nH]c4c(F)cc(F)cc4c32)O1. The summed E-state index contributed by atoms with van der Waals surface area (Å²) in [5, 5.41) is 0.387. The molecule has 28 heavy (non-hydrogen) atoms.